The predicted molar refractivity (Wildman–Crippen MR) is 92.8 cm³/mol. The number of sulfone groups is 1. The van der Waals surface area contributed by atoms with E-state index in [2.05, 4.69) is 29.0 Å². The number of rotatable bonds is 10. The standard InChI is InChI=1S/C14H31N3O2S2/c1-4-16(5-2)9-7-15-8-10-17-11-12-20-13-14(17)21(18,19)6-3/h14-15H,4-13H2,1-3H3. The summed E-state index contributed by atoms with van der Waals surface area (Å²) in [6.07, 6.45) is 0. The highest BCUT2D eigenvalue weighted by Crippen LogP contribution is 2.20. The van der Waals surface area contributed by atoms with Crippen molar-refractivity contribution in [2.45, 2.75) is 26.1 Å². The molecule has 7 heteroatoms. The van der Waals surface area contributed by atoms with E-state index < -0.39 is 9.84 Å². The van der Waals surface area contributed by atoms with E-state index in [1.54, 1.807) is 18.7 Å². The van der Waals surface area contributed by atoms with Crippen LogP contribution in [0.2, 0.25) is 0 Å². The molecular formula is C14H31N3O2S2. The molecule has 0 saturated carbocycles. The van der Waals surface area contributed by atoms with Crippen molar-refractivity contribution in [3.63, 3.8) is 0 Å². The first kappa shape index (κ1) is 19.2. The Bertz CT molecular complexity index is 372. The quantitative estimate of drug-likeness (QED) is 0.593. The van der Waals surface area contributed by atoms with Crippen molar-refractivity contribution < 1.29 is 8.42 Å². The lowest BCUT2D eigenvalue weighted by molar-refractivity contribution is 0.262. The molecule has 0 spiro atoms. The maximum atomic E-state index is 12.1. The van der Waals surface area contributed by atoms with E-state index in [1.807, 2.05) is 0 Å². The van der Waals surface area contributed by atoms with Crippen molar-refractivity contribution in [3.05, 3.63) is 0 Å². The molecule has 0 aromatic rings. The Labute approximate surface area is 134 Å². The summed E-state index contributed by atoms with van der Waals surface area (Å²) in [5.74, 6) is 1.99. The smallest absolute Gasteiger partial charge is 0.166 e. The van der Waals surface area contributed by atoms with E-state index in [0.29, 0.717) is 0 Å². The Morgan fingerprint density at radius 2 is 1.95 bits per heavy atom. The van der Waals surface area contributed by atoms with Gasteiger partial charge in [0.15, 0.2) is 9.84 Å². The van der Waals surface area contributed by atoms with Crippen LogP contribution in [0.5, 0.6) is 0 Å². The van der Waals surface area contributed by atoms with Crippen LogP contribution in [0.25, 0.3) is 0 Å². The van der Waals surface area contributed by atoms with Gasteiger partial charge in [0.2, 0.25) is 0 Å². The first-order chi connectivity index (χ1) is 10.0. The van der Waals surface area contributed by atoms with Crippen LogP contribution in [-0.2, 0) is 9.84 Å². The lowest BCUT2D eigenvalue weighted by Gasteiger charge is -2.34. The number of nitrogens with one attached hydrogen (secondary N) is 1. The fraction of sp³-hybridized carbons (Fsp3) is 1.00. The van der Waals surface area contributed by atoms with E-state index in [1.165, 1.54) is 0 Å². The summed E-state index contributed by atoms with van der Waals surface area (Å²) in [4.78, 5) is 4.52. The molecule has 5 nitrogen and oxygen atoms in total. The summed E-state index contributed by atoms with van der Waals surface area (Å²) in [6.45, 7) is 12.8. The topological polar surface area (TPSA) is 52.6 Å². The largest absolute Gasteiger partial charge is 0.314 e. The molecule has 1 aliphatic rings. The second kappa shape index (κ2) is 10.0. The van der Waals surface area contributed by atoms with Gasteiger partial charge in [-0.3, -0.25) is 4.90 Å². The zero-order valence-corrected chi connectivity index (χ0v) is 15.3. The van der Waals surface area contributed by atoms with Crippen molar-refractivity contribution >= 4 is 21.6 Å². The van der Waals surface area contributed by atoms with E-state index in [-0.39, 0.29) is 11.1 Å². The molecule has 1 N–H and O–H groups in total. The molecule has 1 fully saturated rings. The third kappa shape index (κ3) is 6.44. The molecule has 1 rings (SSSR count). The average Bonchev–Trinajstić information content (AvgIpc) is 2.51. The van der Waals surface area contributed by atoms with Gasteiger partial charge in [-0.25, -0.2) is 8.42 Å². The van der Waals surface area contributed by atoms with Crippen molar-refractivity contribution in [3.8, 4) is 0 Å². The summed E-state index contributed by atoms with van der Waals surface area (Å²) < 4.78 is 24.3. The van der Waals surface area contributed by atoms with Gasteiger partial charge in [-0.15, -0.1) is 0 Å². The Kier molecular flexibility index (Phi) is 9.20. The van der Waals surface area contributed by atoms with E-state index in [9.17, 15) is 8.42 Å². The first-order valence-corrected chi connectivity index (χ1v) is 10.9. The van der Waals surface area contributed by atoms with Gasteiger partial charge in [-0.1, -0.05) is 20.8 Å². The molecule has 1 atom stereocenters. The number of nitrogens with zero attached hydrogens (tertiary/aromatic N) is 2. The molecule has 0 aliphatic carbocycles. The Morgan fingerprint density at radius 3 is 2.57 bits per heavy atom. The van der Waals surface area contributed by atoms with E-state index in [0.717, 1.165) is 57.3 Å². The highest BCUT2D eigenvalue weighted by molar-refractivity contribution is 8.01. The second-order valence-corrected chi connectivity index (χ2v) is 8.89. The van der Waals surface area contributed by atoms with Crippen LogP contribution in [0.4, 0.5) is 0 Å². The minimum absolute atomic E-state index is 0.240. The molecule has 0 amide bonds. The fourth-order valence-corrected chi connectivity index (χ4v) is 5.63. The Morgan fingerprint density at radius 1 is 1.24 bits per heavy atom. The van der Waals surface area contributed by atoms with Crippen molar-refractivity contribution in [1.82, 2.24) is 15.1 Å². The minimum Gasteiger partial charge on any atom is -0.314 e. The average molecular weight is 338 g/mol. The predicted octanol–water partition coefficient (Wildman–Crippen LogP) is 0.727. The van der Waals surface area contributed by atoms with Crippen molar-refractivity contribution in [2.24, 2.45) is 0 Å². The highest BCUT2D eigenvalue weighted by atomic mass is 32.2. The zero-order valence-electron chi connectivity index (χ0n) is 13.7. The number of thioether (sulfide) groups is 1. The molecule has 1 heterocycles. The second-order valence-electron chi connectivity index (χ2n) is 5.29. The monoisotopic (exact) mass is 337 g/mol. The zero-order chi connectivity index (χ0) is 15.7. The number of hydrogen-bond donors (Lipinski definition) is 1. The Hall–Kier alpha value is 0.180. The highest BCUT2D eigenvalue weighted by Gasteiger charge is 2.32. The molecule has 1 unspecified atom stereocenters. The first-order valence-electron chi connectivity index (χ1n) is 8.01. The molecule has 0 radical (unpaired) electrons. The third-order valence-corrected chi connectivity index (χ3v) is 7.41. The summed E-state index contributed by atoms with van der Waals surface area (Å²) in [5.41, 5.74) is 0. The number of hydrogen-bond acceptors (Lipinski definition) is 6. The van der Waals surface area contributed by atoms with Crippen LogP contribution in [-0.4, -0.2) is 86.7 Å². The Balaban J connectivity index is 2.32. The third-order valence-electron chi connectivity index (χ3n) is 4.08. The normalized spacial score (nSPS) is 21.0. The lowest BCUT2D eigenvalue weighted by Crippen LogP contribution is -2.50. The molecule has 0 aromatic carbocycles. The molecular weight excluding hydrogens is 306 g/mol. The van der Waals surface area contributed by atoms with Gasteiger partial charge >= 0.3 is 0 Å². The maximum absolute atomic E-state index is 12.1. The van der Waals surface area contributed by atoms with Crippen LogP contribution < -0.4 is 5.32 Å². The summed E-state index contributed by atoms with van der Waals surface area (Å²) in [7, 11) is -2.97. The van der Waals surface area contributed by atoms with Gasteiger partial charge in [-0.2, -0.15) is 11.8 Å². The molecule has 0 bridgehead atoms. The van der Waals surface area contributed by atoms with Gasteiger partial charge in [0.05, 0.1) is 0 Å². The van der Waals surface area contributed by atoms with Crippen LogP contribution >= 0.6 is 11.8 Å². The van der Waals surface area contributed by atoms with E-state index in [4.69, 9.17) is 0 Å². The van der Waals surface area contributed by atoms with Crippen LogP contribution in [0.1, 0.15) is 20.8 Å². The van der Waals surface area contributed by atoms with Gasteiger partial charge in [0.25, 0.3) is 0 Å². The molecule has 1 saturated heterocycles. The molecule has 126 valence electrons. The van der Waals surface area contributed by atoms with Gasteiger partial charge in [-0.05, 0) is 13.1 Å². The minimum atomic E-state index is -2.97. The lowest BCUT2D eigenvalue weighted by atomic mass is 10.4. The van der Waals surface area contributed by atoms with Crippen LogP contribution in [0.3, 0.4) is 0 Å². The summed E-state index contributed by atoms with van der Waals surface area (Å²) >= 11 is 1.75. The number of likely N-dealkylation sites (N-methyl/N-ethyl adjacent to an activating group) is 1. The van der Waals surface area contributed by atoms with Crippen LogP contribution in [0.15, 0.2) is 0 Å². The molecule has 21 heavy (non-hydrogen) atoms. The summed E-state index contributed by atoms with van der Waals surface area (Å²) in [6, 6.07) is 0. The van der Waals surface area contributed by atoms with E-state index >= 15 is 0 Å². The molecule has 0 aromatic heterocycles. The van der Waals surface area contributed by atoms with Gasteiger partial charge < -0.3 is 10.2 Å². The molecule has 1 aliphatic heterocycles. The van der Waals surface area contributed by atoms with Gasteiger partial charge in [0.1, 0.15) is 5.37 Å². The van der Waals surface area contributed by atoms with Crippen LogP contribution in [0, 0.1) is 0 Å². The summed E-state index contributed by atoms with van der Waals surface area (Å²) in [5, 5.41) is 3.15. The van der Waals surface area contributed by atoms with Crippen molar-refractivity contribution in [1.29, 1.82) is 0 Å². The maximum Gasteiger partial charge on any atom is 0.166 e. The SMILES string of the molecule is CCN(CC)CCNCCN1CCSCC1S(=O)(=O)CC. The fourth-order valence-electron chi connectivity index (χ4n) is 2.52. The van der Waals surface area contributed by atoms with Crippen molar-refractivity contribution in [2.75, 3.05) is 63.1 Å². The van der Waals surface area contributed by atoms with Gasteiger partial charge in [0, 0.05) is 50.0 Å².